The summed E-state index contributed by atoms with van der Waals surface area (Å²) in [6, 6.07) is 6.29. The van der Waals surface area contributed by atoms with Crippen LogP contribution in [0.2, 0.25) is 0 Å². The van der Waals surface area contributed by atoms with Crippen LogP contribution in [0.3, 0.4) is 0 Å². The molecule has 114 valence electrons. The predicted octanol–water partition coefficient (Wildman–Crippen LogP) is 5.47. The largest absolute Gasteiger partial charge is 0.497 e. The molecule has 1 fully saturated rings. The van der Waals surface area contributed by atoms with Gasteiger partial charge < -0.3 is 9.72 Å². The lowest BCUT2D eigenvalue weighted by molar-refractivity contribution is 0.330. The third kappa shape index (κ3) is 3.61. The van der Waals surface area contributed by atoms with Crippen LogP contribution < -0.4 is 4.74 Å². The second-order valence-corrected chi connectivity index (χ2v) is 6.48. The van der Waals surface area contributed by atoms with E-state index < -0.39 is 0 Å². The molecule has 2 aromatic rings. The summed E-state index contributed by atoms with van der Waals surface area (Å²) < 4.78 is 5.34. The fourth-order valence-electron chi connectivity index (χ4n) is 3.72. The highest BCUT2D eigenvalue weighted by molar-refractivity contribution is 5.84. The number of aryl methyl sites for hydroxylation is 1. The van der Waals surface area contributed by atoms with Crippen molar-refractivity contribution in [3.63, 3.8) is 0 Å². The van der Waals surface area contributed by atoms with Gasteiger partial charge in [-0.15, -0.1) is 0 Å². The van der Waals surface area contributed by atoms with Crippen molar-refractivity contribution in [1.29, 1.82) is 0 Å². The zero-order valence-electron chi connectivity index (χ0n) is 13.2. The lowest BCUT2D eigenvalue weighted by Gasteiger charge is -2.21. The van der Waals surface area contributed by atoms with E-state index in [9.17, 15) is 0 Å². The Bertz CT molecular complexity index is 566. The van der Waals surface area contributed by atoms with Crippen LogP contribution in [0.25, 0.3) is 10.9 Å². The maximum atomic E-state index is 5.34. The van der Waals surface area contributed by atoms with Gasteiger partial charge in [-0.3, -0.25) is 0 Å². The molecule has 3 rings (SSSR count). The van der Waals surface area contributed by atoms with E-state index in [1.807, 2.05) is 6.07 Å². The number of rotatable bonds is 6. The molecule has 1 aliphatic rings. The lowest BCUT2D eigenvalue weighted by Crippen LogP contribution is -2.05. The lowest BCUT2D eigenvalue weighted by atomic mass is 9.85. The Hall–Kier alpha value is -1.44. The van der Waals surface area contributed by atoms with Crippen molar-refractivity contribution >= 4 is 10.9 Å². The van der Waals surface area contributed by atoms with Gasteiger partial charge >= 0.3 is 0 Å². The van der Waals surface area contributed by atoms with Crippen LogP contribution in [0.1, 0.15) is 56.9 Å². The molecule has 0 atom stereocenters. The van der Waals surface area contributed by atoms with E-state index in [-0.39, 0.29) is 0 Å². The Kier molecular flexibility index (Phi) is 4.84. The molecule has 2 nitrogen and oxygen atoms in total. The highest BCUT2D eigenvalue weighted by atomic mass is 16.5. The first-order chi connectivity index (χ1) is 10.4. The molecular formula is C19H27NO. The molecule has 0 saturated heterocycles. The third-order valence-electron chi connectivity index (χ3n) is 5.01. The molecule has 2 heteroatoms. The number of fused-ring (bicyclic) bond motifs is 1. The number of aromatic nitrogens is 1. The molecule has 21 heavy (non-hydrogen) atoms. The van der Waals surface area contributed by atoms with Gasteiger partial charge in [0.1, 0.15) is 5.75 Å². The number of hydrogen-bond acceptors (Lipinski definition) is 1. The van der Waals surface area contributed by atoms with Crippen LogP contribution >= 0.6 is 0 Å². The second-order valence-electron chi connectivity index (χ2n) is 6.48. The van der Waals surface area contributed by atoms with E-state index in [0.717, 1.165) is 11.7 Å². The molecule has 0 unspecified atom stereocenters. The highest BCUT2D eigenvalue weighted by Gasteiger charge is 2.12. The topological polar surface area (TPSA) is 25.0 Å². The number of benzene rings is 1. The molecule has 0 aliphatic heterocycles. The first kappa shape index (κ1) is 14.5. The SMILES string of the molecule is COc1ccc2[nH]cc(CCCCC3CCCCC3)c2c1. The number of nitrogens with one attached hydrogen (secondary N) is 1. The normalized spacial score (nSPS) is 16.4. The van der Waals surface area contributed by atoms with Crippen molar-refractivity contribution in [3.05, 3.63) is 30.0 Å². The molecule has 1 N–H and O–H groups in total. The average Bonchev–Trinajstić information content (AvgIpc) is 2.95. The fraction of sp³-hybridized carbons (Fsp3) is 0.579. The molecule has 1 aliphatic carbocycles. The Morgan fingerprint density at radius 1 is 1.14 bits per heavy atom. The second kappa shape index (κ2) is 7.02. The molecule has 1 heterocycles. The van der Waals surface area contributed by atoms with E-state index >= 15 is 0 Å². The van der Waals surface area contributed by atoms with Gasteiger partial charge in [-0.05, 0) is 42.5 Å². The van der Waals surface area contributed by atoms with Crippen molar-refractivity contribution in [2.24, 2.45) is 5.92 Å². The quantitative estimate of drug-likeness (QED) is 0.699. The maximum absolute atomic E-state index is 5.34. The van der Waals surface area contributed by atoms with E-state index in [1.54, 1.807) is 7.11 Å². The molecule has 1 saturated carbocycles. The average molecular weight is 285 g/mol. The smallest absolute Gasteiger partial charge is 0.119 e. The Balaban J connectivity index is 1.52. The predicted molar refractivity (Wildman–Crippen MR) is 89.0 cm³/mol. The maximum Gasteiger partial charge on any atom is 0.119 e. The van der Waals surface area contributed by atoms with E-state index in [4.69, 9.17) is 4.74 Å². The molecule has 0 bridgehead atoms. The van der Waals surface area contributed by atoms with E-state index in [1.165, 1.54) is 74.3 Å². The third-order valence-corrected chi connectivity index (χ3v) is 5.01. The standard InChI is InChI=1S/C19H27NO/c1-21-17-11-12-19-18(13-17)16(14-20-19)10-6-5-9-15-7-3-2-4-8-15/h11-15,20H,2-10H2,1H3. The van der Waals surface area contributed by atoms with Gasteiger partial charge in [-0.1, -0.05) is 44.9 Å². The highest BCUT2D eigenvalue weighted by Crippen LogP contribution is 2.29. The molecule has 0 spiro atoms. The minimum absolute atomic E-state index is 0.950. The van der Waals surface area contributed by atoms with Crippen LogP contribution in [0, 0.1) is 5.92 Å². The minimum Gasteiger partial charge on any atom is -0.497 e. The van der Waals surface area contributed by atoms with Crippen molar-refractivity contribution in [2.75, 3.05) is 7.11 Å². The summed E-state index contributed by atoms with van der Waals surface area (Å²) in [5, 5.41) is 1.33. The van der Waals surface area contributed by atoms with Gasteiger partial charge in [0.2, 0.25) is 0 Å². The van der Waals surface area contributed by atoms with Crippen LogP contribution in [-0.2, 0) is 6.42 Å². The summed E-state index contributed by atoms with van der Waals surface area (Å²) in [4.78, 5) is 3.37. The zero-order valence-corrected chi connectivity index (χ0v) is 13.2. The van der Waals surface area contributed by atoms with Gasteiger partial charge in [0.25, 0.3) is 0 Å². The van der Waals surface area contributed by atoms with Crippen LogP contribution in [-0.4, -0.2) is 12.1 Å². The summed E-state index contributed by atoms with van der Waals surface area (Å²) in [5.41, 5.74) is 2.66. The van der Waals surface area contributed by atoms with Gasteiger partial charge in [-0.25, -0.2) is 0 Å². The van der Waals surface area contributed by atoms with Crippen molar-refractivity contribution in [2.45, 2.75) is 57.8 Å². The summed E-state index contributed by atoms with van der Waals surface area (Å²) in [6.45, 7) is 0. The first-order valence-corrected chi connectivity index (χ1v) is 8.51. The number of aromatic amines is 1. The van der Waals surface area contributed by atoms with Crippen molar-refractivity contribution < 1.29 is 4.74 Å². The number of H-pyrrole nitrogens is 1. The Morgan fingerprint density at radius 3 is 2.81 bits per heavy atom. The number of methoxy groups -OCH3 is 1. The molecule has 1 aromatic carbocycles. The van der Waals surface area contributed by atoms with Gasteiger partial charge in [-0.2, -0.15) is 0 Å². The monoisotopic (exact) mass is 285 g/mol. The minimum atomic E-state index is 0.950. The van der Waals surface area contributed by atoms with Crippen molar-refractivity contribution in [3.8, 4) is 5.75 Å². The van der Waals surface area contributed by atoms with Crippen LogP contribution in [0.5, 0.6) is 5.75 Å². The van der Waals surface area contributed by atoms with Gasteiger partial charge in [0, 0.05) is 17.1 Å². The first-order valence-electron chi connectivity index (χ1n) is 8.51. The molecule has 0 radical (unpaired) electrons. The Morgan fingerprint density at radius 2 is 2.00 bits per heavy atom. The number of unbranched alkanes of at least 4 members (excludes halogenated alkanes) is 1. The Labute approximate surface area is 127 Å². The zero-order chi connectivity index (χ0) is 14.5. The summed E-state index contributed by atoms with van der Waals surface area (Å²) in [5.74, 6) is 1.97. The molecular weight excluding hydrogens is 258 g/mol. The van der Waals surface area contributed by atoms with Crippen LogP contribution in [0.15, 0.2) is 24.4 Å². The van der Waals surface area contributed by atoms with Crippen molar-refractivity contribution in [1.82, 2.24) is 4.98 Å². The summed E-state index contributed by atoms with van der Waals surface area (Å²) in [7, 11) is 1.73. The van der Waals surface area contributed by atoms with E-state index in [0.29, 0.717) is 0 Å². The molecule has 1 aromatic heterocycles. The number of hydrogen-bond donors (Lipinski definition) is 1. The van der Waals surface area contributed by atoms with E-state index in [2.05, 4.69) is 23.3 Å². The molecule has 0 amide bonds. The number of ether oxygens (including phenoxy) is 1. The van der Waals surface area contributed by atoms with Gasteiger partial charge in [0.05, 0.1) is 7.11 Å². The fourth-order valence-corrected chi connectivity index (χ4v) is 3.72. The summed E-state index contributed by atoms with van der Waals surface area (Å²) >= 11 is 0. The summed E-state index contributed by atoms with van der Waals surface area (Å²) in [6.07, 6.45) is 14.8. The van der Waals surface area contributed by atoms with Crippen LogP contribution in [0.4, 0.5) is 0 Å². The van der Waals surface area contributed by atoms with Gasteiger partial charge in [0.15, 0.2) is 0 Å².